The molecule has 2 heterocycles. The van der Waals surface area contributed by atoms with Crippen molar-refractivity contribution in [3.05, 3.63) is 22.0 Å². The zero-order valence-corrected chi connectivity index (χ0v) is 12.1. The summed E-state index contributed by atoms with van der Waals surface area (Å²) in [5.41, 5.74) is 5.93. The number of carbonyl (C=O) groups excluding carboxylic acids is 2. The molecule has 0 aromatic carbocycles. The second-order valence-corrected chi connectivity index (χ2v) is 6.33. The predicted molar refractivity (Wildman–Crippen MR) is 72.1 cm³/mol. The summed E-state index contributed by atoms with van der Waals surface area (Å²) in [7, 11) is 0. The molecule has 0 spiro atoms. The second-order valence-electron chi connectivity index (χ2n) is 4.26. The van der Waals surface area contributed by atoms with Gasteiger partial charge in [0.1, 0.15) is 5.01 Å². The number of amides is 1. The van der Waals surface area contributed by atoms with E-state index in [4.69, 9.17) is 10.3 Å². The van der Waals surface area contributed by atoms with Crippen LogP contribution in [0.25, 0.3) is 0 Å². The molecule has 1 unspecified atom stereocenters. The van der Waals surface area contributed by atoms with E-state index in [2.05, 4.69) is 15.4 Å². The number of nitrogens with two attached hydrogens (primary N) is 1. The summed E-state index contributed by atoms with van der Waals surface area (Å²) in [5, 5.41) is 12.6. The first kappa shape index (κ1) is 13.3. The van der Waals surface area contributed by atoms with Gasteiger partial charge in [-0.1, -0.05) is 28.3 Å². The Morgan fingerprint density at radius 1 is 1.50 bits per heavy atom. The summed E-state index contributed by atoms with van der Waals surface area (Å²) in [6, 6.07) is 0. The number of thioether (sulfide) groups is 1. The van der Waals surface area contributed by atoms with Gasteiger partial charge in [-0.05, 0) is 12.7 Å². The van der Waals surface area contributed by atoms with E-state index in [9.17, 15) is 9.59 Å². The Balaban J connectivity index is 2.11. The normalized spacial score (nSPS) is 18.1. The van der Waals surface area contributed by atoms with Crippen molar-refractivity contribution in [1.29, 1.82) is 0 Å². The van der Waals surface area contributed by atoms with Crippen molar-refractivity contribution in [2.24, 2.45) is 5.73 Å². The molecule has 3 rings (SSSR count). The molecule has 2 aromatic rings. The largest absolute Gasteiger partial charge is 0.363 e. The van der Waals surface area contributed by atoms with Gasteiger partial charge < -0.3 is 10.3 Å². The predicted octanol–water partition coefficient (Wildman–Crippen LogP) is 1.46. The van der Waals surface area contributed by atoms with Crippen molar-refractivity contribution < 1.29 is 14.1 Å². The molecule has 9 heteroatoms. The lowest BCUT2D eigenvalue weighted by Crippen LogP contribution is -2.20. The van der Waals surface area contributed by atoms with Gasteiger partial charge in [-0.15, -0.1) is 10.2 Å². The SMILES string of the molecule is CSc1nnc(C2CCC(=O)c3noc(C(N)=O)c32)s1. The lowest BCUT2D eigenvalue weighted by molar-refractivity contribution is 0.0951. The topological polar surface area (TPSA) is 112 Å². The van der Waals surface area contributed by atoms with E-state index >= 15 is 0 Å². The van der Waals surface area contributed by atoms with Gasteiger partial charge >= 0.3 is 0 Å². The van der Waals surface area contributed by atoms with E-state index in [1.54, 1.807) is 0 Å². The minimum Gasteiger partial charge on any atom is -0.363 e. The zero-order chi connectivity index (χ0) is 14.3. The van der Waals surface area contributed by atoms with Crippen molar-refractivity contribution in [2.45, 2.75) is 23.1 Å². The number of ketones is 1. The average Bonchev–Trinajstić information content (AvgIpc) is 3.05. The Morgan fingerprint density at radius 3 is 2.95 bits per heavy atom. The van der Waals surface area contributed by atoms with Crippen LogP contribution in [0.1, 0.15) is 50.4 Å². The lowest BCUT2D eigenvalue weighted by Gasteiger charge is -2.17. The number of Topliss-reactive ketones (excluding diaryl/α,β-unsaturated/α-hetero) is 1. The standard InChI is InChI=1S/C11H10N4O3S2/c1-19-11-14-13-10(20-11)4-2-3-5(16)7-6(4)8(9(12)17)18-15-7/h4H,2-3H2,1H3,(H2,12,17). The van der Waals surface area contributed by atoms with E-state index in [1.807, 2.05) is 6.26 Å². The number of aromatic nitrogens is 3. The molecule has 0 saturated heterocycles. The van der Waals surface area contributed by atoms with Crippen LogP contribution in [-0.2, 0) is 0 Å². The summed E-state index contributed by atoms with van der Waals surface area (Å²) in [4.78, 5) is 23.3. The fourth-order valence-corrected chi connectivity index (χ4v) is 3.66. The van der Waals surface area contributed by atoms with E-state index in [-0.39, 0.29) is 23.2 Å². The smallest absolute Gasteiger partial charge is 0.287 e. The highest BCUT2D eigenvalue weighted by Gasteiger charge is 2.37. The van der Waals surface area contributed by atoms with Crippen LogP contribution < -0.4 is 5.73 Å². The van der Waals surface area contributed by atoms with Crippen LogP contribution in [-0.4, -0.2) is 33.3 Å². The molecule has 0 fully saturated rings. The number of rotatable bonds is 3. The van der Waals surface area contributed by atoms with Crippen molar-refractivity contribution >= 4 is 34.8 Å². The Morgan fingerprint density at radius 2 is 2.30 bits per heavy atom. The highest BCUT2D eigenvalue weighted by Crippen LogP contribution is 2.40. The molecule has 2 aromatic heterocycles. The molecular formula is C11H10N4O3S2. The molecule has 1 amide bonds. The molecule has 7 nitrogen and oxygen atoms in total. The van der Waals surface area contributed by atoms with Crippen LogP contribution in [0.3, 0.4) is 0 Å². The third kappa shape index (κ3) is 2.02. The minimum atomic E-state index is -0.729. The number of carbonyl (C=O) groups is 2. The highest BCUT2D eigenvalue weighted by atomic mass is 32.2. The van der Waals surface area contributed by atoms with Crippen molar-refractivity contribution in [3.8, 4) is 0 Å². The van der Waals surface area contributed by atoms with Crippen molar-refractivity contribution in [1.82, 2.24) is 15.4 Å². The van der Waals surface area contributed by atoms with Gasteiger partial charge in [-0.2, -0.15) is 0 Å². The number of primary amides is 1. The zero-order valence-electron chi connectivity index (χ0n) is 10.5. The molecule has 20 heavy (non-hydrogen) atoms. The number of hydrogen-bond donors (Lipinski definition) is 1. The Hall–Kier alpha value is -1.74. The molecular weight excluding hydrogens is 300 g/mol. The minimum absolute atomic E-state index is 0.0565. The Kier molecular flexibility index (Phi) is 3.30. The van der Waals surface area contributed by atoms with Gasteiger partial charge in [0.05, 0.1) is 0 Å². The fraction of sp³-hybridized carbons (Fsp3) is 0.364. The van der Waals surface area contributed by atoms with Gasteiger partial charge in [0, 0.05) is 17.9 Å². The third-order valence-corrected chi connectivity index (χ3v) is 5.13. The molecule has 2 N–H and O–H groups in total. The molecule has 0 saturated carbocycles. The maximum Gasteiger partial charge on any atom is 0.287 e. The van der Waals surface area contributed by atoms with Gasteiger partial charge in [-0.3, -0.25) is 9.59 Å². The molecule has 0 radical (unpaired) electrons. The molecule has 1 aliphatic rings. The van der Waals surface area contributed by atoms with Gasteiger partial charge in [0.15, 0.2) is 15.8 Å². The number of hydrogen-bond acceptors (Lipinski definition) is 8. The molecule has 1 atom stereocenters. The Bertz CT molecular complexity index is 680. The Labute approximate surface area is 121 Å². The van der Waals surface area contributed by atoms with E-state index in [1.165, 1.54) is 23.1 Å². The van der Waals surface area contributed by atoms with Gasteiger partial charge in [0.25, 0.3) is 5.91 Å². The summed E-state index contributed by atoms with van der Waals surface area (Å²) in [5.74, 6) is -1.14. The third-order valence-electron chi connectivity index (χ3n) is 3.12. The first-order valence-corrected chi connectivity index (χ1v) is 7.86. The molecule has 104 valence electrons. The van der Waals surface area contributed by atoms with Crippen LogP contribution in [0.2, 0.25) is 0 Å². The van der Waals surface area contributed by atoms with E-state index in [0.717, 1.165) is 9.35 Å². The van der Waals surface area contributed by atoms with Crippen LogP contribution >= 0.6 is 23.1 Å². The van der Waals surface area contributed by atoms with Crippen LogP contribution in [0.4, 0.5) is 0 Å². The van der Waals surface area contributed by atoms with Crippen LogP contribution in [0.15, 0.2) is 8.86 Å². The van der Waals surface area contributed by atoms with E-state index < -0.39 is 5.91 Å². The summed E-state index contributed by atoms with van der Waals surface area (Å²) in [6.45, 7) is 0. The molecule has 1 aliphatic carbocycles. The lowest BCUT2D eigenvalue weighted by atomic mass is 9.85. The van der Waals surface area contributed by atoms with Crippen LogP contribution in [0, 0.1) is 0 Å². The molecule has 0 aliphatic heterocycles. The first-order valence-electron chi connectivity index (χ1n) is 5.81. The maximum absolute atomic E-state index is 11.8. The second kappa shape index (κ2) is 4.98. The first-order chi connectivity index (χ1) is 9.61. The summed E-state index contributed by atoms with van der Waals surface area (Å²) in [6.07, 6.45) is 2.81. The quantitative estimate of drug-likeness (QED) is 0.854. The average molecular weight is 310 g/mol. The summed E-state index contributed by atoms with van der Waals surface area (Å²) < 4.78 is 5.77. The van der Waals surface area contributed by atoms with Crippen molar-refractivity contribution in [2.75, 3.05) is 6.26 Å². The fourth-order valence-electron chi connectivity index (χ4n) is 2.23. The van der Waals surface area contributed by atoms with E-state index in [0.29, 0.717) is 18.4 Å². The van der Waals surface area contributed by atoms with Gasteiger partial charge in [0.2, 0.25) is 5.76 Å². The summed E-state index contributed by atoms with van der Waals surface area (Å²) >= 11 is 2.93. The monoisotopic (exact) mass is 310 g/mol. The highest BCUT2D eigenvalue weighted by molar-refractivity contribution is 8.00. The molecule has 0 bridgehead atoms. The number of fused-ring (bicyclic) bond motifs is 1. The maximum atomic E-state index is 11.8. The number of nitrogens with zero attached hydrogens (tertiary/aromatic N) is 3. The van der Waals surface area contributed by atoms with Crippen LogP contribution in [0.5, 0.6) is 0 Å². The van der Waals surface area contributed by atoms with Crippen molar-refractivity contribution in [3.63, 3.8) is 0 Å². The van der Waals surface area contributed by atoms with Gasteiger partial charge in [-0.25, -0.2) is 0 Å².